The van der Waals surface area contributed by atoms with Crippen LogP contribution in [0, 0.1) is 6.92 Å². The van der Waals surface area contributed by atoms with Gasteiger partial charge in [-0.2, -0.15) is 0 Å². The van der Waals surface area contributed by atoms with Crippen molar-refractivity contribution < 1.29 is 9.59 Å². The summed E-state index contributed by atoms with van der Waals surface area (Å²) >= 11 is 1.41. The van der Waals surface area contributed by atoms with Crippen LogP contribution < -0.4 is 5.32 Å². The SMILES string of the molecule is Cc1nc2cc(NC(=O)[C@H]3CCCN3C(=O)c3cccs3)ccc2n1-c1ccccc1. The summed E-state index contributed by atoms with van der Waals surface area (Å²) in [5.41, 5.74) is 3.53. The quantitative estimate of drug-likeness (QED) is 0.513. The number of anilines is 1. The zero-order valence-corrected chi connectivity index (χ0v) is 17.9. The van der Waals surface area contributed by atoms with Crippen molar-refractivity contribution in [2.75, 3.05) is 11.9 Å². The molecular formula is C24H22N4O2S. The van der Waals surface area contributed by atoms with Crippen molar-refractivity contribution in [3.8, 4) is 5.69 Å². The molecule has 0 radical (unpaired) electrons. The van der Waals surface area contributed by atoms with E-state index in [1.165, 1.54) is 11.3 Å². The van der Waals surface area contributed by atoms with Crippen LogP contribution in [0.1, 0.15) is 28.3 Å². The first kappa shape index (κ1) is 19.5. The van der Waals surface area contributed by atoms with Gasteiger partial charge < -0.3 is 10.2 Å². The lowest BCUT2D eigenvalue weighted by molar-refractivity contribution is -0.119. The normalized spacial score (nSPS) is 16.0. The van der Waals surface area contributed by atoms with Crippen LogP contribution in [0.2, 0.25) is 0 Å². The number of amides is 2. The first-order valence-corrected chi connectivity index (χ1v) is 11.2. The second kappa shape index (κ2) is 8.00. The molecule has 0 aliphatic carbocycles. The molecule has 1 saturated heterocycles. The molecule has 1 fully saturated rings. The highest BCUT2D eigenvalue weighted by Crippen LogP contribution is 2.26. The van der Waals surface area contributed by atoms with Gasteiger partial charge in [-0.3, -0.25) is 14.2 Å². The number of nitrogens with one attached hydrogen (secondary N) is 1. The average molecular weight is 431 g/mol. The number of imidazole rings is 1. The van der Waals surface area contributed by atoms with Crippen LogP contribution in [0.4, 0.5) is 5.69 Å². The zero-order valence-electron chi connectivity index (χ0n) is 17.1. The molecule has 4 aromatic rings. The van der Waals surface area contributed by atoms with Crippen LogP contribution >= 0.6 is 11.3 Å². The summed E-state index contributed by atoms with van der Waals surface area (Å²) in [5.74, 6) is 0.662. The summed E-state index contributed by atoms with van der Waals surface area (Å²) < 4.78 is 2.10. The van der Waals surface area contributed by atoms with Gasteiger partial charge in [0.2, 0.25) is 5.91 Å². The molecule has 3 heterocycles. The number of aromatic nitrogens is 2. The number of para-hydroxylation sites is 1. The minimum absolute atomic E-state index is 0.0691. The number of aryl methyl sites for hydroxylation is 1. The van der Waals surface area contributed by atoms with Gasteiger partial charge in [0, 0.05) is 17.9 Å². The molecule has 1 N–H and O–H groups in total. The van der Waals surface area contributed by atoms with E-state index in [-0.39, 0.29) is 11.8 Å². The molecule has 5 rings (SSSR count). The molecule has 1 aliphatic heterocycles. The molecule has 7 heteroatoms. The molecule has 156 valence electrons. The lowest BCUT2D eigenvalue weighted by atomic mass is 10.2. The fourth-order valence-electron chi connectivity index (χ4n) is 4.23. The summed E-state index contributed by atoms with van der Waals surface area (Å²) in [5, 5.41) is 4.88. The van der Waals surface area contributed by atoms with E-state index in [4.69, 9.17) is 0 Å². The lowest BCUT2D eigenvalue weighted by Crippen LogP contribution is -2.42. The maximum atomic E-state index is 13.0. The molecule has 0 spiro atoms. The first-order valence-electron chi connectivity index (χ1n) is 10.3. The van der Waals surface area contributed by atoms with Gasteiger partial charge in [0.05, 0.1) is 15.9 Å². The number of hydrogen-bond donors (Lipinski definition) is 1. The Labute approximate surface area is 184 Å². The minimum Gasteiger partial charge on any atom is -0.326 e. The summed E-state index contributed by atoms with van der Waals surface area (Å²) in [6.45, 7) is 2.58. The van der Waals surface area contributed by atoms with Crippen LogP contribution in [0.3, 0.4) is 0 Å². The number of rotatable bonds is 4. The van der Waals surface area contributed by atoms with Crippen LogP contribution in [-0.2, 0) is 4.79 Å². The molecule has 2 amide bonds. The Balaban J connectivity index is 1.38. The van der Waals surface area contributed by atoms with Gasteiger partial charge in [0.25, 0.3) is 5.91 Å². The highest BCUT2D eigenvalue weighted by atomic mass is 32.1. The number of nitrogens with zero attached hydrogens (tertiary/aromatic N) is 3. The van der Waals surface area contributed by atoms with Gasteiger partial charge >= 0.3 is 0 Å². The van der Waals surface area contributed by atoms with E-state index in [0.717, 1.165) is 29.0 Å². The molecule has 0 saturated carbocycles. The Morgan fingerprint density at radius 3 is 2.71 bits per heavy atom. The van der Waals surface area contributed by atoms with Gasteiger partial charge in [0.15, 0.2) is 0 Å². The minimum atomic E-state index is -0.450. The highest BCUT2D eigenvalue weighted by molar-refractivity contribution is 7.12. The maximum absolute atomic E-state index is 13.0. The third-order valence-corrected chi connectivity index (χ3v) is 6.51. The zero-order chi connectivity index (χ0) is 21.4. The van der Waals surface area contributed by atoms with Crippen molar-refractivity contribution in [2.45, 2.75) is 25.8 Å². The summed E-state index contributed by atoms with van der Waals surface area (Å²) in [6.07, 6.45) is 1.50. The van der Waals surface area contributed by atoms with Crippen LogP contribution in [0.25, 0.3) is 16.7 Å². The molecule has 2 aromatic carbocycles. The maximum Gasteiger partial charge on any atom is 0.264 e. The van der Waals surface area contributed by atoms with E-state index in [0.29, 0.717) is 23.5 Å². The predicted octanol–water partition coefficient (Wildman–Crippen LogP) is 4.64. The van der Waals surface area contributed by atoms with Crippen LogP contribution in [0.15, 0.2) is 66.0 Å². The molecule has 6 nitrogen and oxygen atoms in total. The largest absolute Gasteiger partial charge is 0.326 e. The molecule has 31 heavy (non-hydrogen) atoms. The Hall–Kier alpha value is -3.45. The van der Waals surface area contributed by atoms with Crippen LogP contribution in [-0.4, -0.2) is 38.9 Å². The number of fused-ring (bicyclic) bond motifs is 1. The van der Waals surface area contributed by atoms with Gasteiger partial charge in [-0.1, -0.05) is 24.3 Å². The van der Waals surface area contributed by atoms with Crippen LogP contribution in [0.5, 0.6) is 0 Å². The summed E-state index contributed by atoms with van der Waals surface area (Å²) in [4.78, 5) is 32.8. The number of thiophene rings is 1. The van der Waals surface area contributed by atoms with Crippen molar-refractivity contribution in [1.29, 1.82) is 0 Å². The molecule has 2 aromatic heterocycles. The van der Waals surface area contributed by atoms with E-state index in [1.54, 1.807) is 11.0 Å². The summed E-state index contributed by atoms with van der Waals surface area (Å²) in [7, 11) is 0. The molecule has 0 bridgehead atoms. The number of benzene rings is 2. The lowest BCUT2D eigenvalue weighted by Gasteiger charge is -2.23. The Morgan fingerprint density at radius 1 is 1.10 bits per heavy atom. The van der Waals surface area contributed by atoms with Gasteiger partial charge in [-0.05, 0) is 61.5 Å². The van der Waals surface area contributed by atoms with E-state index in [2.05, 4.69) is 14.9 Å². The Kier molecular flexibility index (Phi) is 5.03. The smallest absolute Gasteiger partial charge is 0.264 e. The van der Waals surface area contributed by atoms with Gasteiger partial charge in [-0.15, -0.1) is 11.3 Å². The average Bonchev–Trinajstić information content (AvgIpc) is 3.53. The molecule has 0 unspecified atom stereocenters. The van der Waals surface area contributed by atoms with Crippen molar-refractivity contribution in [3.05, 3.63) is 76.7 Å². The number of hydrogen-bond acceptors (Lipinski definition) is 4. The Morgan fingerprint density at radius 2 is 1.94 bits per heavy atom. The molecule has 1 aliphatic rings. The fourth-order valence-corrected chi connectivity index (χ4v) is 4.91. The fraction of sp³-hybridized carbons (Fsp3) is 0.208. The van der Waals surface area contributed by atoms with Crippen molar-refractivity contribution in [3.63, 3.8) is 0 Å². The third-order valence-electron chi connectivity index (χ3n) is 5.65. The predicted molar refractivity (Wildman–Crippen MR) is 123 cm³/mol. The standard InChI is InChI=1S/C24H22N4O2S/c1-16-25-19-15-17(11-12-20(19)28(16)18-7-3-2-4-8-18)26-23(29)21-9-5-13-27(21)24(30)22-10-6-14-31-22/h2-4,6-8,10-12,14-15,21H,5,9,13H2,1H3,(H,26,29)/t21-/m1/s1. The molecular weight excluding hydrogens is 408 g/mol. The third kappa shape index (κ3) is 3.61. The highest BCUT2D eigenvalue weighted by Gasteiger charge is 2.35. The van der Waals surface area contributed by atoms with Crippen molar-refractivity contribution >= 4 is 39.9 Å². The second-order valence-electron chi connectivity index (χ2n) is 7.66. The van der Waals surface area contributed by atoms with E-state index in [9.17, 15) is 9.59 Å². The van der Waals surface area contributed by atoms with Crippen molar-refractivity contribution in [1.82, 2.24) is 14.5 Å². The second-order valence-corrected chi connectivity index (χ2v) is 8.60. The Bertz CT molecular complexity index is 1250. The van der Waals surface area contributed by atoms with Gasteiger partial charge in [-0.25, -0.2) is 4.98 Å². The monoisotopic (exact) mass is 430 g/mol. The van der Waals surface area contributed by atoms with E-state index in [1.807, 2.05) is 66.9 Å². The topological polar surface area (TPSA) is 67.2 Å². The van der Waals surface area contributed by atoms with Crippen molar-refractivity contribution in [2.24, 2.45) is 0 Å². The first-order chi connectivity index (χ1) is 15.1. The number of carbonyl (C=O) groups is 2. The van der Waals surface area contributed by atoms with E-state index < -0.39 is 6.04 Å². The molecule has 1 atom stereocenters. The summed E-state index contributed by atoms with van der Waals surface area (Å²) in [6, 6.07) is 19.0. The van der Waals surface area contributed by atoms with Gasteiger partial charge in [0.1, 0.15) is 11.9 Å². The number of likely N-dealkylation sites (tertiary alicyclic amines) is 1. The number of carbonyl (C=O) groups excluding carboxylic acids is 2. The van der Waals surface area contributed by atoms with E-state index >= 15 is 0 Å².